The summed E-state index contributed by atoms with van der Waals surface area (Å²) in [5, 5.41) is 7.32. The lowest BCUT2D eigenvalue weighted by molar-refractivity contribution is 0.102. The highest BCUT2D eigenvalue weighted by atomic mass is 35.5. The maximum Gasteiger partial charge on any atom is 0.259 e. The molecule has 0 spiro atoms. The quantitative estimate of drug-likeness (QED) is 0.451. The van der Waals surface area contributed by atoms with Crippen LogP contribution in [0.3, 0.4) is 0 Å². The van der Waals surface area contributed by atoms with Crippen molar-refractivity contribution < 1.29 is 13.7 Å². The minimum Gasteiger partial charge on any atom is -0.335 e. The van der Waals surface area contributed by atoms with Gasteiger partial charge in [0, 0.05) is 15.3 Å². The van der Waals surface area contributed by atoms with E-state index in [1.807, 2.05) is 19.9 Å². The number of benzene rings is 1. The average molecular weight is 416 g/mol. The second-order valence-electron chi connectivity index (χ2n) is 6.41. The second-order valence-corrected chi connectivity index (χ2v) is 8.28. The summed E-state index contributed by atoms with van der Waals surface area (Å²) in [6.07, 6.45) is 0. The Balaban J connectivity index is 1.83. The Morgan fingerprint density at radius 1 is 1.21 bits per heavy atom. The van der Waals surface area contributed by atoms with Crippen molar-refractivity contribution in [3.8, 4) is 11.3 Å². The van der Waals surface area contributed by atoms with Gasteiger partial charge in [-0.3, -0.25) is 4.79 Å². The lowest BCUT2D eigenvalue weighted by Gasteiger charge is -2.09. The summed E-state index contributed by atoms with van der Waals surface area (Å²) < 4.78 is 18.6. The van der Waals surface area contributed by atoms with Crippen LogP contribution in [0.15, 0.2) is 34.9 Å². The molecule has 0 aliphatic rings. The largest absolute Gasteiger partial charge is 0.335 e. The van der Waals surface area contributed by atoms with Crippen molar-refractivity contribution >= 4 is 45.6 Å². The highest BCUT2D eigenvalue weighted by Crippen LogP contribution is 2.33. The number of aromatic nitrogens is 2. The van der Waals surface area contributed by atoms with E-state index in [-0.39, 0.29) is 10.7 Å². The van der Waals surface area contributed by atoms with Gasteiger partial charge in [-0.1, -0.05) is 16.8 Å². The number of carbonyl (C=O) groups is 1. The first-order chi connectivity index (χ1) is 13.3. The van der Waals surface area contributed by atoms with Crippen molar-refractivity contribution in [3.05, 3.63) is 62.2 Å². The number of fused-ring (bicyclic) bond motifs is 1. The molecule has 0 unspecified atom stereocenters. The Bertz CT molecular complexity index is 1230. The number of halogens is 2. The van der Waals surface area contributed by atoms with Crippen LogP contribution >= 0.6 is 22.9 Å². The molecule has 4 rings (SSSR count). The van der Waals surface area contributed by atoms with Gasteiger partial charge in [-0.15, -0.1) is 11.3 Å². The zero-order chi connectivity index (χ0) is 20.0. The molecule has 5 nitrogen and oxygen atoms in total. The van der Waals surface area contributed by atoms with Crippen molar-refractivity contribution in [3.63, 3.8) is 0 Å². The highest BCUT2D eigenvalue weighted by Gasteiger charge is 2.21. The molecule has 0 atom stereocenters. The number of carbonyl (C=O) groups excluding carboxylic acids is 1. The Labute approximate surface area is 169 Å². The number of pyridine rings is 1. The summed E-state index contributed by atoms with van der Waals surface area (Å²) in [5.41, 5.74) is 3.09. The summed E-state index contributed by atoms with van der Waals surface area (Å²) in [5.74, 6) is -0.882. The first-order valence-electron chi connectivity index (χ1n) is 8.44. The number of nitrogens with zero attached hydrogens (tertiary/aromatic N) is 2. The van der Waals surface area contributed by atoms with Crippen molar-refractivity contribution in [2.45, 2.75) is 20.8 Å². The number of nitrogens with one attached hydrogen (secondary N) is 1. The van der Waals surface area contributed by atoms with E-state index in [1.54, 1.807) is 24.3 Å². The van der Waals surface area contributed by atoms with Crippen LogP contribution in [0.1, 0.15) is 25.8 Å². The van der Waals surface area contributed by atoms with Gasteiger partial charge in [0.05, 0.1) is 33.0 Å². The zero-order valence-corrected chi connectivity index (χ0v) is 16.8. The number of anilines is 1. The molecule has 0 saturated heterocycles. The van der Waals surface area contributed by atoms with Crippen LogP contribution in [0.2, 0.25) is 5.02 Å². The molecule has 0 aliphatic carbocycles. The van der Waals surface area contributed by atoms with Gasteiger partial charge in [-0.2, -0.15) is 0 Å². The lowest BCUT2D eigenvalue weighted by atomic mass is 10.1. The van der Waals surface area contributed by atoms with Crippen molar-refractivity contribution in [2.24, 2.45) is 0 Å². The van der Waals surface area contributed by atoms with Crippen LogP contribution in [-0.4, -0.2) is 16.0 Å². The molecule has 0 saturated carbocycles. The van der Waals surface area contributed by atoms with Crippen LogP contribution in [0.25, 0.3) is 22.4 Å². The summed E-state index contributed by atoms with van der Waals surface area (Å²) in [7, 11) is 0. The van der Waals surface area contributed by atoms with Crippen molar-refractivity contribution in [1.82, 2.24) is 10.1 Å². The van der Waals surface area contributed by atoms with E-state index in [0.717, 1.165) is 21.4 Å². The lowest BCUT2D eigenvalue weighted by Crippen LogP contribution is -2.13. The molecular weight excluding hydrogens is 401 g/mol. The predicted molar refractivity (Wildman–Crippen MR) is 109 cm³/mol. The predicted octanol–water partition coefficient (Wildman–Crippen LogP) is 5.92. The van der Waals surface area contributed by atoms with Crippen LogP contribution in [0.4, 0.5) is 10.1 Å². The van der Waals surface area contributed by atoms with Gasteiger partial charge in [-0.05, 0) is 51.1 Å². The van der Waals surface area contributed by atoms with Crippen LogP contribution in [0, 0.1) is 26.6 Å². The van der Waals surface area contributed by atoms with Gasteiger partial charge >= 0.3 is 0 Å². The highest BCUT2D eigenvalue weighted by molar-refractivity contribution is 7.12. The molecule has 4 aromatic rings. The van der Waals surface area contributed by atoms with Crippen molar-refractivity contribution in [1.29, 1.82) is 0 Å². The smallest absolute Gasteiger partial charge is 0.259 e. The average Bonchev–Trinajstić information content (AvgIpc) is 3.18. The van der Waals surface area contributed by atoms with Gasteiger partial charge in [0.15, 0.2) is 0 Å². The fraction of sp³-hybridized carbons (Fsp3) is 0.150. The number of rotatable bonds is 3. The van der Waals surface area contributed by atoms with Gasteiger partial charge in [0.25, 0.3) is 11.6 Å². The molecule has 0 fully saturated rings. The minimum absolute atomic E-state index is 0.116. The third-order valence-corrected chi connectivity index (χ3v) is 5.64. The monoisotopic (exact) mass is 415 g/mol. The molecule has 1 amide bonds. The number of hydrogen-bond acceptors (Lipinski definition) is 5. The van der Waals surface area contributed by atoms with E-state index < -0.39 is 11.7 Å². The SMILES string of the molecule is Cc1cc(-c2cc(C(=O)Nc3ccc(F)cc3Cl)c3c(C)noc3n2)c(C)s1. The molecule has 1 N–H and O–H groups in total. The Kier molecular flexibility index (Phi) is 4.64. The summed E-state index contributed by atoms with van der Waals surface area (Å²) in [4.78, 5) is 19.8. The fourth-order valence-electron chi connectivity index (χ4n) is 3.08. The van der Waals surface area contributed by atoms with Crippen molar-refractivity contribution in [2.75, 3.05) is 5.32 Å². The van der Waals surface area contributed by atoms with Gasteiger partial charge < -0.3 is 9.84 Å². The Hall–Kier alpha value is -2.77. The van der Waals surface area contributed by atoms with E-state index in [0.29, 0.717) is 28.0 Å². The Morgan fingerprint density at radius 2 is 2.00 bits per heavy atom. The molecule has 3 aromatic heterocycles. The molecule has 0 aliphatic heterocycles. The van der Waals surface area contributed by atoms with E-state index >= 15 is 0 Å². The molecular formula is C20H15ClFN3O2S. The number of thiophene rings is 1. The van der Waals surface area contributed by atoms with E-state index in [4.69, 9.17) is 16.1 Å². The van der Waals surface area contributed by atoms with E-state index in [9.17, 15) is 9.18 Å². The molecule has 8 heteroatoms. The minimum atomic E-state index is -0.477. The normalized spacial score (nSPS) is 11.2. The van der Waals surface area contributed by atoms with E-state index in [1.165, 1.54) is 12.1 Å². The molecule has 1 aromatic carbocycles. The molecule has 0 radical (unpaired) electrons. The topological polar surface area (TPSA) is 68.0 Å². The third kappa shape index (κ3) is 3.27. The van der Waals surface area contributed by atoms with Gasteiger partial charge in [0.1, 0.15) is 5.82 Å². The molecule has 0 bridgehead atoms. The number of aryl methyl sites for hydroxylation is 3. The standard InChI is InChI=1S/C20H15ClFN3O2S/c1-9-6-13(11(3)28-9)17-8-14(18-10(2)25-27-20(18)24-17)19(26)23-16-5-4-12(22)7-15(16)21/h4-8H,1-3H3,(H,23,26). The van der Waals surface area contributed by atoms with Gasteiger partial charge in [0.2, 0.25) is 0 Å². The molecule has 142 valence electrons. The zero-order valence-electron chi connectivity index (χ0n) is 15.3. The summed E-state index contributed by atoms with van der Waals surface area (Å²) in [6.45, 7) is 5.76. The number of amides is 1. The maximum atomic E-state index is 13.3. The third-order valence-electron chi connectivity index (χ3n) is 4.36. The van der Waals surface area contributed by atoms with Crippen LogP contribution < -0.4 is 5.32 Å². The molecule has 3 heterocycles. The summed E-state index contributed by atoms with van der Waals surface area (Å²) in [6, 6.07) is 7.54. The first kappa shape index (κ1) is 18.6. The molecule has 28 heavy (non-hydrogen) atoms. The maximum absolute atomic E-state index is 13.3. The fourth-order valence-corrected chi connectivity index (χ4v) is 4.23. The summed E-state index contributed by atoms with van der Waals surface area (Å²) >= 11 is 7.70. The van der Waals surface area contributed by atoms with Gasteiger partial charge in [-0.25, -0.2) is 9.37 Å². The first-order valence-corrected chi connectivity index (χ1v) is 9.64. The Morgan fingerprint density at radius 3 is 2.68 bits per heavy atom. The second kappa shape index (κ2) is 7.00. The van der Waals surface area contributed by atoms with Crippen LogP contribution in [-0.2, 0) is 0 Å². The van der Waals surface area contributed by atoms with E-state index in [2.05, 4.69) is 15.5 Å². The van der Waals surface area contributed by atoms with Crippen LogP contribution in [0.5, 0.6) is 0 Å². The number of hydrogen-bond donors (Lipinski definition) is 1.